The Morgan fingerprint density at radius 1 is 1.05 bits per heavy atom. The van der Waals surface area contributed by atoms with Crippen molar-refractivity contribution in [3.63, 3.8) is 0 Å². The van der Waals surface area contributed by atoms with Gasteiger partial charge in [0.2, 0.25) is 0 Å². The molecule has 0 fully saturated rings. The molecule has 0 amide bonds. The van der Waals surface area contributed by atoms with Gasteiger partial charge in [0.15, 0.2) is 5.82 Å². The van der Waals surface area contributed by atoms with E-state index in [2.05, 4.69) is 36.1 Å². The Balaban J connectivity index is 2.45. The molecule has 100 valence electrons. The maximum absolute atomic E-state index is 4.68. The minimum absolute atomic E-state index is 0.807. The van der Waals surface area contributed by atoms with Crippen LogP contribution in [0, 0.1) is 6.92 Å². The normalized spacial score (nSPS) is 10.5. The van der Waals surface area contributed by atoms with E-state index in [4.69, 9.17) is 0 Å². The summed E-state index contributed by atoms with van der Waals surface area (Å²) in [6.07, 6.45) is 2.01. The predicted octanol–water partition coefficient (Wildman–Crippen LogP) is 3.84. The lowest BCUT2D eigenvalue weighted by Gasteiger charge is -2.13. The zero-order chi connectivity index (χ0) is 13.7. The number of benzene rings is 1. The SMILES string of the molecule is CCCNc1nc(-c2ccccc2)nc(CC)c1C. The van der Waals surface area contributed by atoms with Crippen LogP contribution in [0.2, 0.25) is 0 Å². The van der Waals surface area contributed by atoms with Gasteiger partial charge in [-0.2, -0.15) is 0 Å². The van der Waals surface area contributed by atoms with Crippen LogP contribution in [-0.2, 0) is 6.42 Å². The molecule has 3 heteroatoms. The lowest BCUT2D eigenvalue weighted by Crippen LogP contribution is -2.08. The van der Waals surface area contributed by atoms with Crippen LogP contribution in [0.25, 0.3) is 11.4 Å². The molecule has 1 heterocycles. The van der Waals surface area contributed by atoms with Crippen molar-refractivity contribution >= 4 is 5.82 Å². The molecule has 19 heavy (non-hydrogen) atoms. The average molecular weight is 255 g/mol. The Morgan fingerprint density at radius 2 is 1.79 bits per heavy atom. The summed E-state index contributed by atoms with van der Waals surface area (Å²) in [6.45, 7) is 7.32. The molecule has 0 bridgehead atoms. The van der Waals surface area contributed by atoms with Crippen LogP contribution in [0.4, 0.5) is 5.82 Å². The summed E-state index contributed by atoms with van der Waals surface area (Å²) >= 11 is 0. The topological polar surface area (TPSA) is 37.8 Å². The third kappa shape index (κ3) is 3.11. The standard InChI is InChI=1S/C16H21N3/c1-4-11-17-15-12(3)14(5-2)18-16(19-15)13-9-7-6-8-10-13/h6-10H,4-5,11H2,1-3H3,(H,17,18,19). The van der Waals surface area contributed by atoms with Crippen molar-refractivity contribution in [1.82, 2.24) is 9.97 Å². The van der Waals surface area contributed by atoms with Gasteiger partial charge in [0.1, 0.15) is 5.82 Å². The van der Waals surface area contributed by atoms with Gasteiger partial charge in [-0.15, -0.1) is 0 Å². The van der Waals surface area contributed by atoms with Crippen molar-refractivity contribution in [3.8, 4) is 11.4 Å². The smallest absolute Gasteiger partial charge is 0.161 e. The molecule has 2 rings (SSSR count). The summed E-state index contributed by atoms with van der Waals surface area (Å²) in [5.74, 6) is 1.77. The zero-order valence-corrected chi connectivity index (χ0v) is 11.9. The molecule has 2 aromatic rings. The van der Waals surface area contributed by atoms with Gasteiger partial charge in [0.25, 0.3) is 0 Å². The number of aryl methyl sites for hydroxylation is 1. The van der Waals surface area contributed by atoms with E-state index in [0.29, 0.717) is 0 Å². The number of rotatable bonds is 5. The molecule has 0 atom stereocenters. The minimum atomic E-state index is 0.807. The molecule has 0 unspecified atom stereocenters. The first-order valence-electron chi connectivity index (χ1n) is 6.93. The number of hydrogen-bond donors (Lipinski definition) is 1. The number of hydrogen-bond acceptors (Lipinski definition) is 3. The Hall–Kier alpha value is -1.90. The second kappa shape index (κ2) is 6.32. The van der Waals surface area contributed by atoms with Crippen LogP contribution in [-0.4, -0.2) is 16.5 Å². The summed E-state index contributed by atoms with van der Waals surface area (Å²) in [4.78, 5) is 9.35. The fourth-order valence-electron chi connectivity index (χ4n) is 2.04. The van der Waals surface area contributed by atoms with Gasteiger partial charge >= 0.3 is 0 Å². The van der Waals surface area contributed by atoms with E-state index < -0.39 is 0 Å². The Kier molecular flexibility index (Phi) is 4.50. The van der Waals surface area contributed by atoms with Crippen LogP contribution in [0.3, 0.4) is 0 Å². The van der Waals surface area contributed by atoms with Crippen LogP contribution >= 0.6 is 0 Å². The second-order valence-electron chi connectivity index (χ2n) is 4.61. The van der Waals surface area contributed by atoms with Crippen LogP contribution in [0.15, 0.2) is 30.3 Å². The van der Waals surface area contributed by atoms with Gasteiger partial charge in [-0.1, -0.05) is 44.2 Å². The third-order valence-corrected chi connectivity index (χ3v) is 3.16. The van der Waals surface area contributed by atoms with E-state index >= 15 is 0 Å². The van der Waals surface area contributed by atoms with Gasteiger partial charge in [-0.3, -0.25) is 0 Å². The first kappa shape index (κ1) is 13.5. The molecule has 1 aromatic carbocycles. The lowest BCUT2D eigenvalue weighted by atomic mass is 10.1. The molecule has 0 saturated carbocycles. The fourth-order valence-corrected chi connectivity index (χ4v) is 2.04. The third-order valence-electron chi connectivity index (χ3n) is 3.16. The number of aromatic nitrogens is 2. The number of anilines is 1. The quantitative estimate of drug-likeness (QED) is 0.882. The molecule has 1 aromatic heterocycles. The Morgan fingerprint density at radius 3 is 2.42 bits per heavy atom. The van der Waals surface area contributed by atoms with Gasteiger partial charge in [-0.05, 0) is 19.8 Å². The fraction of sp³-hybridized carbons (Fsp3) is 0.375. The second-order valence-corrected chi connectivity index (χ2v) is 4.61. The largest absolute Gasteiger partial charge is 0.370 e. The Labute approximate surface area is 115 Å². The highest BCUT2D eigenvalue weighted by molar-refractivity contribution is 5.59. The van der Waals surface area contributed by atoms with E-state index in [0.717, 1.165) is 47.8 Å². The van der Waals surface area contributed by atoms with Gasteiger partial charge in [-0.25, -0.2) is 9.97 Å². The molecular weight excluding hydrogens is 234 g/mol. The molecule has 0 radical (unpaired) electrons. The maximum atomic E-state index is 4.68. The molecule has 0 aliphatic rings. The Bertz CT molecular complexity index is 535. The summed E-state index contributed by atoms with van der Waals surface area (Å²) in [7, 11) is 0. The molecule has 0 aliphatic carbocycles. The lowest BCUT2D eigenvalue weighted by molar-refractivity contribution is 0.936. The van der Waals surface area contributed by atoms with E-state index in [1.165, 1.54) is 0 Å². The van der Waals surface area contributed by atoms with Crippen molar-refractivity contribution in [2.45, 2.75) is 33.6 Å². The van der Waals surface area contributed by atoms with E-state index in [1.807, 2.05) is 30.3 Å². The average Bonchev–Trinajstić information content (AvgIpc) is 2.47. The van der Waals surface area contributed by atoms with Crippen molar-refractivity contribution < 1.29 is 0 Å². The molecule has 0 saturated heterocycles. The predicted molar refractivity (Wildman–Crippen MR) is 80.4 cm³/mol. The van der Waals surface area contributed by atoms with Crippen molar-refractivity contribution in [2.75, 3.05) is 11.9 Å². The summed E-state index contributed by atoms with van der Waals surface area (Å²) in [5.41, 5.74) is 3.35. The highest BCUT2D eigenvalue weighted by atomic mass is 15.0. The zero-order valence-electron chi connectivity index (χ0n) is 11.9. The van der Waals surface area contributed by atoms with E-state index in [-0.39, 0.29) is 0 Å². The minimum Gasteiger partial charge on any atom is -0.370 e. The van der Waals surface area contributed by atoms with Gasteiger partial charge in [0.05, 0.1) is 0 Å². The molecular formula is C16H21N3. The summed E-state index contributed by atoms with van der Waals surface area (Å²) < 4.78 is 0. The monoisotopic (exact) mass is 255 g/mol. The van der Waals surface area contributed by atoms with E-state index in [1.54, 1.807) is 0 Å². The van der Waals surface area contributed by atoms with Crippen molar-refractivity contribution in [3.05, 3.63) is 41.6 Å². The van der Waals surface area contributed by atoms with E-state index in [9.17, 15) is 0 Å². The molecule has 0 spiro atoms. The number of nitrogens with one attached hydrogen (secondary N) is 1. The molecule has 1 N–H and O–H groups in total. The van der Waals surface area contributed by atoms with Crippen LogP contribution < -0.4 is 5.32 Å². The van der Waals surface area contributed by atoms with Gasteiger partial charge in [0, 0.05) is 23.4 Å². The highest BCUT2D eigenvalue weighted by Gasteiger charge is 2.10. The van der Waals surface area contributed by atoms with Gasteiger partial charge < -0.3 is 5.32 Å². The first-order valence-corrected chi connectivity index (χ1v) is 6.93. The van der Waals surface area contributed by atoms with Crippen LogP contribution in [0.5, 0.6) is 0 Å². The van der Waals surface area contributed by atoms with Crippen molar-refractivity contribution in [1.29, 1.82) is 0 Å². The highest BCUT2D eigenvalue weighted by Crippen LogP contribution is 2.22. The molecule has 0 aliphatic heterocycles. The summed E-state index contributed by atoms with van der Waals surface area (Å²) in [5, 5.41) is 3.40. The first-order chi connectivity index (χ1) is 9.26. The molecule has 3 nitrogen and oxygen atoms in total. The maximum Gasteiger partial charge on any atom is 0.161 e. The number of nitrogens with zero attached hydrogens (tertiary/aromatic N) is 2. The summed E-state index contributed by atoms with van der Waals surface area (Å²) in [6, 6.07) is 10.1. The van der Waals surface area contributed by atoms with Crippen molar-refractivity contribution in [2.24, 2.45) is 0 Å². The van der Waals surface area contributed by atoms with Crippen LogP contribution in [0.1, 0.15) is 31.5 Å².